The number of hydrogen-bond donors (Lipinski definition) is 1. The average molecular weight is 343 g/mol. The van der Waals surface area contributed by atoms with Crippen molar-refractivity contribution in [2.24, 2.45) is 0 Å². The Morgan fingerprint density at radius 3 is 2.58 bits per heavy atom. The molecule has 1 N–H and O–H groups in total. The second-order valence-electron chi connectivity index (χ2n) is 4.96. The largest absolute Gasteiger partial charge is 0.452 e. The summed E-state index contributed by atoms with van der Waals surface area (Å²) in [6.07, 6.45) is 0. The standard InChI is InChI=1S/C17H11ClN2O4/c18-11-5-3-4-10(8-11)14(21)9-24-17(23)15-12-6-1-2-7-13(12)16(22)20-19-15/h1-8H,9H2,(H,20,22). The van der Waals surface area contributed by atoms with Crippen LogP contribution in [-0.2, 0) is 4.74 Å². The van der Waals surface area contributed by atoms with Crippen LogP contribution in [0.5, 0.6) is 0 Å². The van der Waals surface area contributed by atoms with E-state index < -0.39 is 18.1 Å². The molecule has 0 atom stereocenters. The van der Waals surface area contributed by atoms with Gasteiger partial charge in [0, 0.05) is 16.0 Å². The van der Waals surface area contributed by atoms with Gasteiger partial charge >= 0.3 is 5.97 Å². The van der Waals surface area contributed by atoms with Crippen LogP contribution in [0.4, 0.5) is 0 Å². The molecule has 0 bridgehead atoms. The first-order valence-electron chi connectivity index (χ1n) is 6.99. The third-order valence-corrected chi connectivity index (χ3v) is 3.61. The minimum Gasteiger partial charge on any atom is -0.452 e. The second kappa shape index (κ2) is 6.64. The molecule has 0 saturated carbocycles. The summed E-state index contributed by atoms with van der Waals surface area (Å²) in [6, 6.07) is 12.9. The number of hydrogen-bond acceptors (Lipinski definition) is 5. The van der Waals surface area contributed by atoms with Crippen LogP contribution in [0.15, 0.2) is 53.3 Å². The molecule has 120 valence electrons. The van der Waals surface area contributed by atoms with E-state index in [1.165, 1.54) is 6.07 Å². The van der Waals surface area contributed by atoms with Crippen LogP contribution in [0.3, 0.4) is 0 Å². The van der Waals surface area contributed by atoms with Gasteiger partial charge in [-0.3, -0.25) is 9.59 Å². The Morgan fingerprint density at radius 2 is 1.83 bits per heavy atom. The molecular formula is C17H11ClN2O4. The number of nitrogens with one attached hydrogen (secondary N) is 1. The number of ether oxygens (including phenoxy) is 1. The maximum atomic E-state index is 12.2. The number of esters is 1. The third-order valence-electron chi connectivity index (χ3n) is 3.37. The van der Waals surface area contributed by atoms with E-state index in [4.69, 9.17) is 16.3 Å². The predicted molar refractivity (Wildman–Crippen MR) is 88.4 cm³/mol. The topological polar surface area (TPSA) is 89.1 Å². The molecule has 0 aliphatic carbocycles. The number of nitrogens with zero attached hydrogens (tertiary/aromatic N) is 1. The summed E-state index contributed by atoms with van der Waals surface area (Å²) in [4.78, 5) is 35.9. The van der Waals surface area contributed by atoms with Gasteiger partial charge in [0.25, 0.3) is 5.56 Å². The Labute approximate surface area is 141 Å². The summed E-state index contributed by atoms with van der Waals surface area (Å²) in [6.45, 7) is -0.450. The fraction of sp³-hybridized carbons (Fsp3) is 0.0588. The highest BCUT2D eigenvalue weighted by Crippen LogP contribution is 2.14. The monoisotopic (exact) mass is 342 g/mol. The average Bonchev–Trinajstić information content (AvgIpc) is 2.60. The Balaban J connectivity index is 1.80. The van der Waals surface area contributed by atoms with Crippen molar-refractivity contribution in [1.82, 2.24) is 10.2 Å². The molecule has 2 aromatic carbocycles. The number of carbonyl (C=O) groups excluding carboxylic acids is 2. The molecule has 0 fully saturated rings. The highest BCUT2D eigenvalue weighted by Gasteiger charge is 2.17. The normalized spacial score (nSPS) is 10.5. The molecule has 0 saturated heterocycles. The molecule has 3 aromatic rings. The maximum Gasteiger partial charge on any atom is 0.359 e. The number of rotatable bonds is 4. The Morgan fingerprint density at radius 1 is 1.08 bits per heavy atom. The van der Waals surface area contributed by atoms with Gasteiger partial charge in [-0.2, -0.15) is 5.10 Å². The smallest absolute Gasteiger partial charge is 0.359 e. The second-order valence-corrected chi connectivity index (χ2v) is 5.39. The van der Waals surface area contributed by atoms with Crippen molar-refractivity contribution < 1.29 is 14.3 Å². The SMILES string of the molecule is O=C(COC(=O)c1n[nH]c(=O)c2ccccc12)c1cccc(Cl)c1. The zero-order valence-corrected chi connectivity index (χ0v) is 13.0. The summed E-state index contributed by atoms with van der Waals surface area (Å²) in [5, 5.41) is 7.07. The summed E-state index contributed by atoms with van der Waals surface area (Å²) in [5.74, 6) is -1.18. The van der Waals surface area contributed by atoms with E-state index >= 15 is 0 Å². The first kappa shape index (κ1) is 15.9. The molecule has 0 aliphatic heterocycles. The Hall–Kier alpha value is -2.99. The lowest BCUT2D eigenvalue weighted by Crippen LogP contribution is -2.19. The zero-order chi connectivity index (χ0) is 17.1. The van der Waals surface area contributed by atoms with Gasteiger partial charge in [0.2, 0.25) is 0 Å². The Bertz CT molecular complexity index is 997. The van der Waals surface area contributed by atoms with Crippen LogP contribution in [0, 0.1) is 0 Å². The van der Waals surface area contributed by atoms with Gasteiger partial charge < -0.3 is 4.74 Å². The maximum absolute atomic E-state index is 12.2. The lowest BCUT2D eigenvalue weighted by atomic mass is 10.1. The fourth-order valence-electron chi connectivity index (χ4n) is 2.22. The molecule has 0 amide bonds. The van der Waals surface area contributed by atoms with E-state index in [0.717, 1.165) is 0 Å². The van der Waals surface area contributed by atoms with Gasteiger partial charge in [0.1, 0.15) is 0 Å². The number of H-pyrrole nitrogens is 1. The number of benzene rings is 2. The molecule has 1 heterocycles. The van der Waals surface area contributed by atoms with Crippen LogP contribution in [-0.4, -0.2) is 28.6 Å². The number of ketones is 1. The summed E-state index contributed by atoms with van der Waals surface area (Å²) in [7, 11) is 0. The summed E-state index contributed by atoms with van der Waals surface area (Å²) < 4.78 is 5.02. The van der Waals surface area contributed by atoms with Crippen LogP contribution < -0.4 is 5.56 Å². The van der Waals surface area contributed by atoms with Crippen molar-refractivity contribution >= 4 is 34.1 Å². The fourth-order valence-corrected chi connectivity index (χ4v) is 2.41. The van der Waals surface area contributed by atoms with Gasteiger partial charge in [-0.05, 0) is 18.2 Å². The number of Topliss-reactive ketones (excluding diaryl/α,β-unsaturated/α-hetero) is 1. The summed E-state index contributed by atoms with van der Waals surface area (Å²) in [5.41, 5.74) is -0.115. The molecule has 6 nitrogen and oxygen atoms in total. The van der Waals surface area contributed by atoms with Crippen molar-refractivity contribution in [1.29, 1.82) is 0 Å². The molecule has 0 aliphatic rings. The van der Waals surface area contributed by atoms with Crippen LogP contribution in [0.1, 0.15) is 20.8 Å². The highest BCUT2D eigenvalue weighted by atomic mass is 35.5. The van der Waals surface area contributed by atoms with Gasteiger partial charge in [0.15, 0.2) is 18.1 Å². The van der Waals surface area contributed by atoms with E-state index in [1.807, 2.05) is 0 Å². The first-order valence-corrected chi connectivity index (χ1v) is 7.37. The van der Waals surface area contributed by atoms with E-state index in [9.17, 15) is 14.4 Å². The summed E-state index contributed by atoms with van der Waals surface area (Å²) >= 11 is 5.82. The van der Waals surface area contributed by atoms with E-state index in [1.54, 1.807) is 42.5 Å². The molecule has 3 rings (SSSR count). The van der Waals surface area contributed by atoms with E-state index in [0.29, 0.717) is 21.4 Å². The minimum absolute atomic E-state index is 0.0518. The number of aromatic amines is 1. The van der Waals surface area contributed by atoms with Crippen molar-refractivity contribution in [2.45, 2.75) is 0 Å². The molecular weight excluding hydrogens is 332 g/mol. The quantitative estimate of drug-likeness (QED) is 0.581. The molecule has 24 heavy (non-hydrogen) atoms. The number of halogens is 1. The van der Waals surface area contributed by atoms with E-state index in [-0.39, 0.29) is 11.5 Å². The minimum atomic E-state index is -0.794. The van der Waals surface area contributed by atoms with Crippen LogP contribution in [0.2, 0.25) is 5.02 Å². The van der Waals surface area contributed by atoms with Gasteiger partial charge in [0.05, 0.1) is 5.39 Å². The molecule has 7 heteroatoms. The number of fused-ring (bicyclic) bond motifs is 1. The van der Waals surface area contributed by atoms with Gasteiger partial charge in [-0.1, -0.05) is 41.9 Å². The molecule has 0 unspecified atom stereocenters. The Kier molecular flexibility index (Phi) is 4.39. The van der Waals surface area contributed by atoms with E-state index in [2.05, 4.69) is 10.2 Å². The molecule has 0 radical (unpaired) electrons. The number of carbonyl (C=O) groups is 2. The van der Waals surface area contributed by atoms with Crippen molar-refractivity contribution in [2.75, 3.05) is 6.61 Å². The third kappa shape index (κ3) is 3.18. The zero-order valence-electron chi connectivity index (χ0n) is 12.3. The van der Waals surface area contributed by atoms with Crippen molar-refractivity contribution in [3.05, 3.63) is 75.2 Å². The lowest BCUT2D eigenvalue weighted by Gasteiger charge is -2.06. The first-order chi connectivity index (χ1) is 11.6. The van der Waals surface area contributed by atoms with Crippen LogP contribution in [0.25, 0.3) is 10.8 Å². The molecule has 1 aromatic heterocycles. The van der Waals surface area contributed by atoms with Gasteiger partial charge in [-0.25, -0.2) is 9.89 Å². The van der Waals surface area contributed by atoms with Crippen molar-refractivity contribution in [3.63, 3.8) is 0 Å². The van der Waals surface area contributed by atoms with Crippen LogP contribution >= 0.6 is 11.6 Å². The lowest BCUT2D eigenvalue weighted by molar-refractivity contribution is 0.0470. The predicted octanol–water partition coefficient (Wildman–Crippen LogP) is 2.62. The highest BCUT2D eigenvalue weighted by molar-refractivity contribution is 6.31. The number of aromatic nitrogens is 2. The van der Waals surface area contributed by atoms with Gasteiger partial charge in [-0.15, -0.1) is 0 Å². The van der Waals surface area contributed by atoms with Crippen molar-refractivity contribution in [3.8, 4) is 0 Å². The molecule has 0 spiro atoms.